The van der Waals surface area contributed by atoms with Crippen molar-refractivity contribution in [1.82, 2.24) is 5.32 Å². The lowest BCUT2D eigenvalue weighted by atomic mass is 9.48. The lowest BCUT2D eigenvalue weighted by Gasteiger charge is -2.59. The molecule has 3 nitrogen and oxygen atoms in total. The van der Waals surface area contributed by atoms with Crippen LogP contribution in [0.2, 0.25) is 0 Å². The molecular formula is C24H36BrNO2. The molecule has 4 heteroatoms. The van der Waals surface area contributed by atoms with E-state index in [2.05, 4.69) is 47.2 Å². The Morgan fingerprint density at radius 3 is 2.29 bits per heavy atom. The normalized spacial score (nSPS) is 31.8. The van der Waals surface area contributed by atoms with Crippen LogP contribution in [-0.2, 0) is 6.54 Å². The minimum Gasteiger partial charge on any atom is -0.490 e. The largest absolute Gasteiger partial charge is 0.490 e. The van der Waals surface area contributed by atoms with Gasteiger partial charge in [0.2, 0.25) is 0 Å². The maximum atomic E-state index is 5.92. The molecule has 0 heterocycles. The molecule has 1 N–H and O–H groups in total. The predicted octanol–water partition coefficient (Wildman–Crippen LogP) is 6.33. The molecule has 1 aromatic carbocycles. The maximum absolute atomic E-state index is 5.92. The molecular weight excluding hydrogens is 414 g/mol. The van der Waals surface area contributed by atoms with Gasteiger partial charge in [0.05, 0.1) is 17.7 Å². The lowest BCUT2D eigenvalue weighted by molar-refractivity contribution is -0.0706. The van der Waals surface area contributed by atoms with E-state index in [1.165, 1.54) is 44.1 Å². The van der Waals surface area contributed by atoms with Crippen molar-refractivity contribution in [3.8, 4) is 11.5 Å². The number of hydrogen-bond acceptors (Lipinski definition) is 3. The minimum absolute atomic E-state index is 0.541. The Morgan fingerprint density at radius 2 is 1.71 bits per heavy atom. The fourth-order valence-electron chi connectivity index (χ4n) is 6.53. The monoisotopic (exact) mass is 449 g/mol. The number of benzene rings is 1. The molecule has 4 aliphatic carbocycles. The van der Waals surface area contributed by atoms with Crippen molar-refractivity contribution in [2.75, 3.05) is 13.2 Å². The fraction of sp³-hybridized carbons (Fsp3) is 0.750. The van der Waals surface area contributed by atoms with Crippen molar-refractivity contribution in [2.24, 2.45) is 23.2 Å². The molecule has 4 fully saturated rings. The molecule has 4 aliphatic rings. The van der Waals surface area contributed by atoms with E-state index in [0.717, 1.165) is 46.7 Å². The van der Waals surface area contributed by atoms with E-state index >= 15 is 0 Å². The van der Waals surface area contributed by atoms with Crippen LogP contribution < -0.4 is 14.8 Å². The van der Waals surface area contributed by atoms with E-state index in [4.69, 9.17) is 9.47 Å². The van der Waals surface area contributed by atoms with Gasteiger partial charge in [-0.2, -0.15) is 0 Å². The van der Waals surface area contributed by atoms with E-state index in [-0.39, 0.29) is 0 Å². The number of halogens is 1. The van der Waals surface area contributed by atoms with Crippen LogP contribution in [0, 0.1) is 23.2 Å². The summed E-state index contributed by atoms with van der Waals surface area (Å²) in [6.07, 6.45) is 9.87. The molecule has 1 atom stereocenters. The topological polar surface area (TPSA) is 30.5 Å². The van der Waals surface area contributed by atoms with Gasteiger partial charge in [-0.1, -0.05) is 6.92 Å². The van der Waals surface area contributed by atoms with E-state index < -0.39 is 0 Å². The third kappa shape index (κ3) is 4.09. The van der Waals surface area contributed by atoms with Crippen LogP contribution in [0.4, 0.5) is 0 Å². The highest BCUT2D eigenvalue weighted by molar-refractivity contribution is 9.10. The Balaban J connectivity index is 1.44. The van der Waals surface area contributed by atoms with Gasteiger partial charge >= 0.3 is 0 Å². The van der Waals surface area contributed by atoms with Gasteiger partial charge in [0.1, 0.15) is 0 Å². The summed E-state index contributed by atoms with van der Waals surface area (Å²) in [5.74, 6) is 4.70. The van der Waals surface area contributed by atoms with Crippen LogP contribution in [0.15, 0.2) is 16.6 Å². The Kier molecular flexibility index (Phi) is 6.27. The molecule has 0 aromatic heterocycles. The zero-order chi connectivity index (χ0) is 19.7. The van der Waals surface area contributed by atoms with Gasteiger partial charge in [-0.25, -0.2) is 0 Å². The molecule has 5 rings (SSSR count). The molecule has 28 heavy (non-hydrogen) atoms. The SMILES string of the molecule is CCCOc1c(Br)cc(CNC(C)C23CC4CC(CC(C4)C2)C3)cc1OCC. The summed E-state index contributed by atoms with van der Waals surface area (Å²) >= 11 is 3.70. The molecule has 0 radical (unpaired) electrons. The average Bonchev–Trinajstić information content (AvgIpc) is 2.64. The Hall–Kier alpha value is -0.740. The van der Waals surface area contributed by atoms with Gasteiger partial charge in [-0.3, -0.25) is 0 Å². The van der Waals surface area contributed by atoms with Crippen LogP contribution in [0.5, 0.6) is 11.5 Å². The molecule has 1 aromatic rings. The summed E-state index contributed by atoms with van der Waals surface area (Å²) in [7, 11) is 0. The van der Waals surface area contributed by atoms with E-state index in [1.807, 2.05) is 6.92 Å². The highest BCUT2D eigenvalue weighted by atomic mass is 79.9. The van der Waals surface area contributed by atoms with Crippen molar-refractivity contribution in [1.29, 1.82) is 0 Å². The lowest BCUT2D eigenvalue weighted by Crippen LogP contribution is -2.54. The summed E-state index contributed by atoms with van der Waals surface area (Å²) in [4.78, 5) is 0. The van der Waals surface area contributed by atoms with Crippen molar-refractivity contribution in [3.05, 3.63) is 22.2 Å². The van der Waals surface area contributed by atoms with Gasteiger partial charge in [-0.05, 0) is 116 Å². The Bertz CT molecular complexity index is 654. The van der Waals surface area contributed by atoms with E-state index in [0.29, 0.717) is 24.7 Å². The first-order valence-electron chi connectivity index (χ1n) is 11.3. The Morgan fingerprint density at radius 1 is 1.07 bits per heavy atom. The molecule has 0 saturated heterocycles. The van der Waals surface area contributed by atoms with Gasteiger partial charge in [0.25, 0.3) is 0 Å². The van der Waals surface area contributed by atoms with Gasteiger partial charge in [-0.15, -0.1) is 0 Å². The minimum atomic E-state index is 0.541. The summed E-state index contributed by atoms with van der Waals surface area (Å²) in [6, 6.07) is 4.91. The first-order chi connectivity index (χ1) is 13.5. The molecule has 1 unspecified atom stereocenters. The van der Waals surface area contributed by atoms with Crippen molar-refractivity contribution in [2.45, 2.75) is 78.3 Å². The summed E-state index contributed by atoms with van der Waals surface area (Å²) in [5, 5.41) is 3.90. The molecule has 0 aliphatic heterocycles. The number of ether oxygens (including phenoxy) is 2. The van der Waals surface area contributed by atoms with Crippen LogP contribution in [0.1, 0.15) is 71.3 Å². The van der Waals surface area contributed by atoms with E-state index in [1.54, 1.807) is 0 Å². The fourth-order valence-corrected chi connectivity index (χ4v) is 7.13. The van der Waals surface area contributed by atoms with Crippen molar-refractivity contribution in [3.63, 3.8) is 0 Å². The summed E-state index contributed by atoms with van der Waals surface area (Å²) in [6.45, 7) is 8.82. The molecule has 156 valence electrons. The van der Waals surface area contributed by atoms with Crippen LogP contribution in [0.3, 0.4) is 0 Å². The molecule has 4 bridgehead atoms. The second kappa shape index (κ2) is 8.55. The third-order valence-corrected chi connectivity index (χ3v) is 8.03. The quantitative estimate of drug-likeness (QED) is 0.477. The first-order valence-corrected chi connectivity index (χ1v) is 12.1. The highest BCUT2D eigenvalue weighted by Crippen LogP contribution is 2.61. The molecule has 0 spiro atoms. The van der Waals surface area contributed by atoms with Gasteiger partial charge < -0.3 is 14.8 Å². The number of rotatable bonds is 9. The second-order valence-corrected chi connectivity index (χ2v) is 10.4. The smallest absolute Gasteiger partial charge is 0.175 e. The van der Waals surface area contributed by atoms with Gasteiger partial charge in [0, 0.05) is 12.6 Å². The average molecular weight is 450 g/mol. The van der Waals surface area contributed by atoms with Crippen molar-refractivity contribution < 1.29 is 9.47 Å². The molecule has 4 saturated carbocycles. The van der Waals surface area contributed by atoms with Crippen molar-refractivity contribution >= 4 is 15.9 Å². The maximum Gasteiger partial charge on any atom is 0.175 e. The number of nitrogens with one attached hydrogen (secondary N) is 1. The second-order valence-electron chi connectivity index (χ2n) is 9.57. The van der Waals surface area contributed by atoms with Gasteiger partial charge in [0.15, 0.2) is 11.5 Å². The van der Waals surface area contributed by atoms with E-state index in [9.17, 15) is 0 Å². The van der Waals surface area contributed by atoms with Crippen LogP contribution in [-0.4, -0.2) is 19.3 Å². The summed E-state index contributed by atoms with van der Waals surface area (Å²) in [5.41, 5.74) is 1.80. The standard InChI is InChI=1S/C24H36BrNO2/c1-4-6-28-23-21(25)10-20(11-22(23)27-5-2)15-26-16(3)24-12-17-7-18(13-24)9-19(8-17)14-24/h10-11,16-19,26H,4-9,12-15H2,1-3H3. The Labute approximate surface area is 179 Å². The first kappa shape index (κ1) is 20.5. The highest BCUT2D eigenvalue weighted by Gasteiger charge is 2.52. The predicted molar refractivity (Wildman–Crippen MR) is 118 cm³/mol. The third-order valence-electron chi connectivity index (χ3n) is 7.44. The number of hydrogen-bond donors (Lipinski definition) is 1. The van der Waals surface area contributed by atoms with Crippen LogP contribution in [0.25, 0.3) is 0 Å². The van der Waals surface area contributed by atoms with Crippen LogP contribution >= 0.6 is 15.9 Å². The zero-order valence-electron chi connectivity index (χ0n) is 17.7. The molecule has 0 amide bonds. The summed E-state index contributed by atoms with van der Waals surface area (Å²) < 4.78 is 12.8. The zero-order valence-corrected chi connectivity index (χ0v) is 19.3.